The van der Waals surface area contributed by atoms with Gasteiger partial charge in [-0.2, -0.15) is 0 Å². The Morgan fingerprint density at radius 3 is 2.95 bits per heavy atom. The van der Waals surface area contributed by atoms with Gasteiger partial charge in [0.05, 0.1) is 0 Å². The van der Waals surface area contributed by atoms with Crippen LogP contribution in [0.4, 0.5) is 4.79 Å². The SMILES string of the molecule is CCNC(=O)N1CCN(C)[C@@]2(CCNC(=O)CC2)C1. The lowest BCUT2D eigenvalue weighted by molar-refractivity contribution is -0.121. The van der Waals surface area contributed by atoms with Gasteiger partial charge in [0.15, 0.2) is 0 Å². The molecule has 6 heteroatoms. The van der Waals surface area contributed by atoms with Crippen LogP contribution in [0.1, 0.15) is 26.2 Å². The predicted molar refractivity (Wildman–Crippen MR) is 72.9 cm³/mol. The number of hydrogen-bond donors (Lipinski definition) is 2. The van der Waals surface area contributed by atoms with Crippen LogP contribution in [0.3, 0.4) is 0 Å². The Balaban J connectivity index is 2.08. The first kappa shape index (κ1) is 14.1. The van der Waals surface area contributed by atoms with Crippen molar-refractivity contribution in [1.82, 2.24) is 20.4 Å². The summed E-state index contributed by atoms with van der Waals surface area (Å²) in [6.07, 6.45) is 2.28. The quantitative estimate of drug-likeness (QED) is 0.704. The molecular formula is C13H24N4O2. The molecule has 0 aliphatic carbocycles. The second-order valence-electron chi connectivity index (χ2n) is 5.50. The van der Waals surface area contributed by atoms with Gasteiger partial charge in [-0.05, 0) is 26.8 Å². The second kappa shape index (κ2) is 5.77. The van der Waals surface area contributed by atoms with E-state index in [1.165, 1.54) is 0 Å². The summed E-state index contributed by atoms with van der Waals surface area (Å²) in [7, 11) is 2.10. The van der Waals surface area contributed by atoms with Crippen molar-refractivity contribution in [1.29, 1.82) is 0 Å². The summed E-state index contributed by atoms with van der Waals surface area (Å²) in [5.74, 6) is 0.125. The first-order chi connectivity index (χ1) is 9.07. The van der Waals surface area contributed by atoms with E-state index in [2.05, 4.69) is 22.6 Å². The third kappa shape index (κ3) is 3.00. The third-order valence-electron chi connectivity index (χ3n) is 4.35. The lowest BCUT2D eigenvalue weighted by Gasteiger charge is -2.49. The average Bonchev–Trinajstić information content (AvgIpc) is 2.57. The number of urea groups is 1. The third-order valence-corrected chi connectivity index (χ3v) is 4.35. The second-order valence-corrected chi connectivity index (χ2v) is 5.50. The van der Waals surface area contributed by atoms with Crippen LogP contribution in [0, 0.1) is 0 Å². The maximum atomic E-state index is 12.0. The van der Waals surface area contributed by atoms with Gasteiger partial charge in [0.2, 0.25) is 5.91 Å². The number of rotatable bonds is 1. The van der Waals surface area contributed by atoms with Gasteiger partial charge >= 0.3 is 6.03 Å². The van der Waals surface area contributed by atoms with Crippen LogP contribution < -0.4 is 10.6 Å². The maximum Gasteiger partial charge on any atom is 0.317 e. The van der Waals surface area contributed by atoms with Crippen LogP contribution in [0.2, 0.25) is 0 Å². The molecule has 0 radical (unpaired) electrons. The fourth-order valence-electron chi connectivity index (χ4n) is 3.03. The lowest BCUT2D eigenvalue weighted by atomic mass is 9.86. The fraction of sp³-hybridized carbons (Fsp3) is 0.846. The molecule has 0 aromatic rings. The number of amides is 3. The minimum atomic E-state index is -0.0531. The fourth-order valence-corrected chi connectivity index (χ4v) is 3.03. The molecule has 19 heavy (non-hydrogen) atoms. The lowest BCUT2D eigenvalue weighted by Crippen LogP contribution is -2.63. The molecule has 0 unspecified atom stereocenters. The van der Waals surface area contributed by atoms with Crippen molar-refractivity contribution >= 4 is 11.9 Å². The first-order valence-electron chi connectivity index (χ1n) is 7.08. The number of likely N-dealkylation sites (N-methyl/N-ethyl adjacent to an activating group) is 1. The van der Waals surface area contributed by atoms with Crippen LogP contribution in [0.25, 0.3) is 0 Å². The Morgan fingerprint density at radius 1 is 1.42 bits per heavy atom. The van der Waals surface area contributed by atoms with Crippen LogP contribution in [0.5, 0.6) is 0 Å². The van der Waals surface area contributed by atoms with E-state index in [0.717, 1.165) is 25.9 Å². The number of carbonyl (C=O) groups excluding carboxylic acids is 2. The molecule has 1 spiro atoms. The minimum Gasteiger partial charge on any atom is -0.356 e. The molecule has 2 rings (SSSR count). The summed E-state index contributed by atoms with van der Waals surface area (Å²) in [6.45, 7) is 5.61. The summed E-state index contributed by atoms with van der Waals surface area (Å²) >= 11 is 0. The van der Waals surface area contributed by atoms with Crippen LogP contribution in [0.15, 0.2) is 0 Å². The zero-order valence-electron chi connectivity index (χ0n) is 11.9. The van der Waals surface area contributed by atoms with E-state index in [-0.39, 0.29) is 17.5 Å². The molecule has 0 aromatic carbocycles. The predicted octanol–water partition coefficient (Wildman–Crippen LogP) is 0.00220. The molecule has 0 bridgehead atoms. The zero-order chi connectivity index (χ0) is 13.9. The van der Waals surface area contributed by atoms with E-state index in [1.807, 2.05) is 11.8 Å². The molecule has 2 saturated heterocycles. The molecule has 108 valence electrons. The van der Waals surface area contributed by atoms with Crippen LogP contribution in [-0.4, -0.2) is 67.0 Å². The molecule has 0 aromatic heterocycles. The minimum absolute atomic E-state index is 0.0125. The number of nitrogens with zero attached hydrogens (tertiary/aromatic N) is 2. The van der Waals surface area contributed by atoms with Gasteiger partial charge in [0.25, 0.3) is 0 Å². The topological polar surface area (TPSA) is 64.7 Å². The van der Waals surface area contributed by atoms with Crippen molar-refractivity contribution in [3.8, 4) is 0 Å². The monoisotopic (exact) mass is 268 g/mol. The normalized spacial score (nSPS) is 28.9. The Labute approximate surface area is 114 Å². The summed E-state index contributed by atoms with van der Waals surface area (Å²) in [6, 6.07) is 0.0125. The number of hydrogen-bond acceptors (Lipinski definition) is 3. The van der Waals surface area contributed by atoms with E-state index >= 15 is 0 Å². The van der Waals surface area contributed by atoms with E-state index in [0.29, 0.717) is 26.1 Å². The van der Waals surface area contributed by atoms with Crippen molar-refractivity contribution in [3.63, 3.8) is 0 Å². The molecule has 0 saturated carbocycles. The highest BCUT2D eigenvalue weighted by Crippen LogP contribution is 2.30. The zero-order valence-corrected chi connectivity index (χ0v) is 11.9. The van der Waals surface area contributed by atoms with E-state index in [9.17, 15) is 9.59 Å². The van der Waals surface area contributed by atoms with Crippen LogP contribution in [-0.2, 0) is 4.79 Å². The highest BCUT2D eigenvalue weighted by Gasteiger charge is 2.41. The molecule has 6 nitrogen and oxygen atoms in total. The average molecular weight is 268 g/mol. The first-order valence-corrected chi connectivity index (χ1v) is 7.08. The molecule has 1 atom stereocenters. The van der Waals surface area contributed by atoms with Gasteiger partial charge < -0.3 is 15.5 Å². The van der Waals surface area contributed by atoms with Gasteiger partial charge in [-0.1, -0.05) is 0 Å². The maximum absolute atomic E-state index is 12.0. The number of nitrogens with one attached hydrogen (secondary N) is 2. The highest BCUT2D eigenvalue weighted by molar-refractivity contribution is 5.76. The Kier molecular flexibility index (Phi) is 4.29. The summed E-state index contributed by atoms with van der Waals surface area (Å²) in [5.41, 5.74) is -0.0531. The number of carbonyl (C=O) groups is 2. The number of piperazine rings is 1. The van der Waals surface area contributed by atoms with E-state index < -0.39 is 0 Å². The molecule has 3 amide bonds. The molecule has 2 heterocycles. The Hall–Kier alpha value is -1.30. The molecule has 2 aliphatic heterocycles. The van der Waals surface area contributed by atoms with Crippen LogP contribution >= 0.6 is 0 Å². The van der Waals surface area contributed by atoms with Gasteiger partial charge in [-0.25, -0.2) is 4.79 Å². The Morgan fingerprint density at radius 2 is 2.21 bits per heavy atom. The van der Waals surface area contributed by atoms with Crippen molar-refractivity contribution < 1.29 is 9.59 Å². The summed E-state index contributed by atoms with van der Waals surface area (Å²) in [5, 5.41) is 5.78. The van der Waals surface area contributed by atoms with Gasteiger partial charge in [-0.15, -0.1) is 0 Å². The van der Waals surface area contributed by atoms with Crippen molar-refractivity contribution in [2.24, 2.45) is 0 Å². The van der Waals surface area contributed by atoms with Crippen molar-refractivity contribution in [2.45, 2.75) is 31.7 Å². The van der Waals surface area contributed by atoms with Gasteiger partial charge in [-0.3, -0.25) is 9.69 Å². The van der Waals surface area contributed by atoms with E-state index in [4.69, 9.17) is 0 Å². The molecule has 2 aliphatic rings. The van der Waals surface area contributed by atoms with Gasteiger partial charge in [0, 0.05) is 44.7 Å². The van der Waals surface area contributed by atoms with Crippen molar-refractivity contribution in [3.05, 3.63) is 0 Å². The van der Waals surface area contributed by atoms with Gasteiger partial charge in [0.1, 0.15) is 0 Å². The van der Waals surface area contributed by atoms with Crippen molar-refractivity contribution in [2.75, 3.05) is 39.8 Å². The highest BCUT2D eigenvalue weighted by atomic mass is 16.2. The summed E-state index contributed by atoms with van der Waals surface area (Å²) in [4.78, 5) is 27.7. The summed E-state index contributed by atoms with van der Waals surface area (Å²) < 4.78 is 0. The molecule has 2 N–H and O–H groups in total. The smallest absolute Gasteiger partial charge is 0.317 e. The largest absolute Gasteiger partial charge is 0.356 e. The standard InChI is InChI=1S/C13H24N4O2/c1-3-14-12(19)17-9-8-16(2)13(10-17)5-4-11(18)15-7-6-13/h3-10H2,1-2H3,(H,14,19)(H,15,18)/t13-/m0/s1. The molecule has 2 fully saturated rings. The molecular weight excluding hydrogens is 244 g/mol. The Bertz CT molecular complexity index is 361. The van der Waals surface area contributed by atoms with E-state index in [1.54, 1.807) is 0 Å².